The molecule has 0 atom stereocenters. The van der Waals surface area contributed by atoms with Gasteiger partial charge in [0.05, 0.1) is 12.8 Å². The summed E-state index contributed by atoms with van der Waals surface area (Å²) in [5.74, 6) is 0.512. The zero-order valence-electron chi connectivity index (χ0n) is 12.2. The van der Waals surface area contributed by atoms with E-state index in [-0.39, 0.29) is 10.6 Å². The van der Waals surface area contributed by atoms with E-state index in [4.69, 9.17) is 10.5 Å². The summed E-state index contributed by atoms with van der Waals surface area (Å²) in [4.78, 5) is 0.0292. The maximum atomic E-state index is 12.4. The Kier molecular flexibility index (Phi) is 4.09. The number of aryl methyl sites for hydroxylation is 2. The van der Waals surface area contributed by atoms with Gasteiger partial charge in [-0.1, -0.05) is 6.07 Å². The third-order valence-electron chi connectivity index (χ3n) is 3.27. The molecule has 0 bridgehead atoms. The van der Waals surface area contributed by atoms with E-state index in [1.54, 1.807) is 18.2 Å². The quantitative estimate of drug-likeness (QED) is 0.851. The van der Waals surface area contributed by atoms with Gasteiger partial charge in [0, 0.05) is 11.8 Å². The lowest BCUT2D eigenvalue weighted by molar-refractivity contribution is 0.414. The molecule has 0 unspecified atom stereocenters. The van der Waals surface area contributed by atoms with Crippen LogP contribution in [0.1, 0.15) is 11.1 Å². The van der Waals surface area contributed by atoms with Gasteiger partial charge in [0.15, 0.2) is 0 Å². The molecule has 2 aromatic rings. The van der Waals surface area contributed by atoms with Crippen LogP contribution < -0.4 is 15.2 Å². The van der Waals surface area contributed by atoms with E-state index in [0.29, 0.717) is 11.4 Å². The molecule has 0 spiro atoms. The first kappa shape index (κ1) is 15.2. The van der Waals surface area contributed by atoms with Gasteiger partial charge >= 0.3 is 0 Å². The molecule has 112 valence electrons. The van der Waals surface area contributed by atoms with Gasteiger partial charge in [-0.2, -0.15) is 0 Å². The highest BCUT2D eigenvalue weighted by atomic mass is 32.2. The molecule has 0 aliphatic rings. The lowest BCUT2D eigenvalue weighted by atomic mass is 10.1. The summed E-state index contributed by atoms with van der Waals surface area (Å²) in [5.41, 5.74) is 8.55. The maximum Gasteiger partial charge on any atom is 0.263 e. The summed E-state index contributed by atoms with van der Waals surface area (Å²) >= 11 is 0. The van der Waals surface area contributed by atoms with Gasteiger partial charge in [0.1, 0.15) is 10.6 Å². The number of benzene rings is 2. The van der Waals surface area contributed by atoms with Gasteiger partial charge in [-0.25, -0.2) is 8.42 Å². The number of sulfonamides is 1. The number of nitrogen functional groups attached to an aromatic ring is 1. The van der Waals surface area contributed by atoms with E-state index in [9.17, 15) is 8.42 Å². The normalized spacial score (nSPS) is 11.2. The SMILES string of the molecule is COc1ccc(S(=O)(=O)Nc2ccc(C)c(C)c2)c(N)c1. The highest BCUT2D eigenvalue weighted by Gasteiger charge is 2.18. The fourth-order valence-electron chi connectivity index (χ4n) is 1.91. The molecule has 0 aliphatic heterocycles. The Morgan fingerprint density at radius 3 is 2.33 bits per heavy atom. The van der Waals surface area contributed by atoms with Crippen molar-refractivity contribution in [2.24, 2.45) is 0 Å². The second kappa shape index (κ2) is 5.65. The first-order valence-electron chi connectivity index (χ1n) is 6.37. The van der Waals surface area contributed by atoms with Crippen LogP contribution in [0.2, 0.25) is 0 Å². The Morgan fingerprint density at radius 1 is 1.05 bits per heavy atom. The van der Waals surface area contributed by atoms with Gasteiger partial charge < -0.3 is 10.5 Å². The van der Waals surface area contributed by atoms with E-state index < -0.39 is 10.0 Å². The fraction of sp³-hybridized carbons (Fsp3) is 0.200. The zero-order valence-corrected chi connectivity index (χ0v) is 13.0. The lowest BCUT2D eigenvalue weighted by Gasteiger charge is -2.12. The van der Waals surface area contributed by atoms with Crippen LogP contribution in [-0.4, -0.2) is 15.5 Å². The minimum atomic E-state index is -3.73. The van der Waals surface area contributed by atoms with E-state index in [1.807, 2.05) is 19.9 Å². The average Bonchev–Trinajstić information content (AvgIpc) is 2.42. The van der Waals surface area contributed by atoms with Crippen LogP contribution in [0.15, 0.2) is 41.3 Å². The maximum absolute atomic E-state index is 12.4. The number of hydrogen-bond acceptors (Lipinski definition) is 4. The van der Waals surface area contributed by atoms with Crippen molar-refractivity contribution >= 4 is 21.4 Å². The molecule has 5 nitrogen and oxygen atoms in total. The second-order valence-electron chi connectivity index (χ2n) is 4.81. The van der Waals surface area contributed by atoms with Crippen molar-refractivity contribution in [3.63, 3.8) is 0 Å². The third-order valence-corrected chi connectivity index (χ3v) is 4.72. The van der Waals surface area contributed by atoms with Gasteiger partial charge in [-0.05, 0) is 49.2 Å². The molecule has 0 amide bonds. The van der Waals surface area contributed by atoms with Crippen LogP contribution in [0.5, 0.6) is 5.75 Å². The summed E-state index contributed by atoms with van der Waals surface area (Å²) in [6, 6.07) is 9.84. The molecule has 0 radical (unpaired) electrons. The Bertz CT molecular complexity index is 770. The third kappa shape index (κ3) is 3.28. The van der Waals surface area contributed by atoms with Crippen LogP contribution in [-0.2, 0) is 10.0 Å². The topological polar surface area (TPSA) is 81.4 Å². The Balaban J connectivity index is 2.36. The molecule has 0 saturated carbocycles. The van der Waals surface area contributed by atoms with E-state index in [0.717, 1.165) is 11.1 Å². The van der Waals surface area contributed by atoms with Crippen LogP contribution in [0.4, 0.5) is 11.4 Å². The summed E-state index contributed by atoms with van der Waals surface area (Å²) < 4.78 is 32.3. The molecule has 0 heterocycles. The van der Waals surface area contributed by atoms with Crippen molar-refractivity contribution in [1.82, 2.24) is 0 Å². The van der Waals surface area contributed by atoms with Crippen molar-refractivity contribution in [3.05, 3.63) is 47.5 Å². The molecular weight excluding hydrogens is 288 g/mol. The van der Waals surface area contributed by atoms with Crippen LogP contribution in [0.25, 0.3) is 0 Å². The van der Waals surface area contributed by atoms with Crippen LogP contribution in [0, 0.1) is 13.8 Å². The van der Waals surface area contributed by atoms with E-state index >= 15 is 0 Å². The molecule has 0 fully saturated rings. The Hall–Kier alpha value is -2.21. The molecule has 2 rings (SSSR count). The Morgan fingerprint density at radius 2 is 1.76 bits per heavy atom. The minimum Gasteiger partial charge on any atom is -0.497 e. The van der Waals surface area contributed by atoms with Gasteiger partial charge in [0.2, 0.25) is 0 Å². The zero-order chi connectivity index (χ0) is 15.6. The standard InChI is InChI=1S/C15H18N2O3S/c1-10-4-5-12(8-11(10)2)17-21(18,19)15-7-6-13(20-3)9-14(15)16/h4-9,17H,16H2,1-3H3. The molecule has 3 N–H and O–H groups in total. The second-order valence-corrected chi connectivity index (χ2v) is 6.46. The highest BCUT2D eigenvalue weighted by Crippen LogP contribution is 2.26. The molecule has 0 aromatic heterocycles. The monoisotopic (exact) mass is 306 g/mol. The van der Waals surface area contributed by atoms with Gasteiger partial charge in [0.25, 0.3) is 10.0 Å². The lowest BCUT2D eigenvalue weighted by Crippen LogP contribution is -2.15. The number of nitrogens with two attached hydrogens (primary N) is 1. The first-order chi connectivity index (χ1) is 9.83. The predicted octanol–water partition coefficient (Wildman–Crippen LogP) is 2.70. The fourth-order valence-corrected chi connectivity index (χ4v) is 3.08. The average molecular weight is 306 g/mol. The van der Waals surface area contributed by atoms with Crippen LogP contribution in [0.3, 0.4) is 0 Å². The smallest absolute Gasteiger partial charge is 0.263 e. The number of hydrogen-bond donors (Lipinski definition) is 2. The predicted molar refractivity (Wildman–Crippen MR) is 84.1 cm³/mol. The molecule has 6 heteroatoms. The number of rotatable bonds is 4. The van der Waals surface area contributed by atoms with E-state index in [2.05, 4.69) is 4.72 Å². The molecular formula is C15H18N2O3S. The van der Waals surface area contributed by atoms with Crippen molar-refractivity contribution in [3.8, 4) is 5.75 Å². The van der Waals surface area contributed by atoms with Crippen molar-refractivity contribution < 1.29 is 13.2 Å². The van der Waals surface area contributed by atoms with Gasteiger partial charge in [-0.15, -0.1) is 0 Å². The summed E-state index contributed by atoms with van der Waals surface area (Å²) in [7, 11) is -2.23. The Labute approximate surface area is 124 Å². The number of anilines is 2. The van der Waals surface area contributed by atoms with Crippen molar-refractivity contribution in [1.29, 1.82) is 0 Å². The molecule has 0 saturated heterocycles. The van der Waals surface area contributed by atoms with Crippen molar-refractivity contribution in [2.45, 2.75) is 18.7 Å². The minimum absolute atomic E-state index is 0.0292. The first-order valence-corrected chi connectivity index (χ1v) is 7.85. The number of nitrogens with one attached hydrogen (secondary N) is 1. The number of methoxy groups -OCH3 is 1. The van der Waals surface area contributed by atoms with E-state index in [1.165, 1.54) is 19.2 Å². The van der Waals surface area contributed by atoms with Gasteiger partial charge in [-0.3, -0.25) is 4.72 Å². The number of ether oxygens (including phenoxy) is 1. The highest BCUT2D eigenvalue weighted by molar-refractivity contribution is 7.92. The summed E-state index contributed by atoms with van der Waals surface area (Å²) in [5, 5.41) is 0. The molecule has 0 aliphatic carbocycles. The molecule has 21 heavy (non-hydrogen) atoms. The molecule has 2 aromatic carbocycles. The summed E-state index contributed by atoms with van der Waals surface area (Å²) in [6.45, 7) is 3.89. The largest absolute Gasteiger partial charge is 0.497 e. The van der Waals surface area contributed by atoms with Crippen molar-refractivity contribution in [2.75, 3.05) is 17.6 Å². The summed E-state index contributed by atoms with van der Waals surface area (Å²) in [6.07, 6.45) is 0. The van der Waals surface area contributed by atoms with Crippen LogP contribution >= 0.6 is 0 Å².